The Balaban J connectivity index is 2.16. The Morgan fingerprint density at radius 2 is 1.74 bits per heavy atom. The first-order chi connectivity index (χ1) is 9.15. The average Bonchev–Trinajstić information content (AvgIpc) is 2.39. The Labute approximate surface area is 111 Å². The van der Waals surface area contributed by atoms with E-state index < -0.39 is 0 Å². The van der Waals surface area contributed by atoms with Gasteiger partial charge in [-0.25, -0.2) is 4.99 Å². The molecular formula is C14H14N4O. The number of benzene rings is 2. The number of carbonyl (C=O) groups is 1. The van der Waals surface area contributed by atoms with Crippen LogP contribution in [0.3, 0.4) is 0 Å². The van der Waals surface area contributed by atoms with Crippen molar-refractivity contribution in [2.75, 3.05) is 5.32 Å². The number of carbonyl (C=O) groups excluding carboxylic acids is 1. The summed E-state index contributed by atoms with van der Waals surface area (Å²) in [5, 5.41) is 2.78. The van der Waals surface area contributed by atoms with Crippen LogP contribution in [0.4, 0.5) is 11.4 Å². The van der Waals surface area contributed by atoms with Crippen molar-refractivity contribution < 1.29 is 4.79 Å². The van der Waals surface area contributed by atoms with Gasteiger partial charge in [0.2, 0.25) is 0 Å². The number of nitrogens with two attached hydrogens (primary N) is 2. The second kappa shape index (κ2) is 5.68. The third-order valence-electron chi connectivity index (χ3n) is 2.40. The van der Waals surface area contributed by atoms with Crippen molar-refractivity contribution in [2.45, 2.75) is 0 Å². The number of nitrogens with zero attached hydrogens (tertiary/aromatic N) is 1. The zero-order valence-electron chi connectivity index (χ0n) is 10.2. The predicted octanol–water partition coefficient (Wildman–Crippen LogP) is 1.84. The van der Waals surface area contributed by atoms with E-state index in [1.54, 1.807) is 36.4 Å². The van der Waals surface area contributed by atoms with Gasteiger partial charge in [0.15, 0.2) is 5.96 Å². The third kappa shape index (κ3) is 3.57. The van der Waals surface area contributed by atoms with Gasteiger partial charge >= 0.3 is 0 Å². The summed E-state index contributed by atoms with van der Waals surface area (Å²) in [5.74, 6) is -0.200. The molecule has 5 nitrogen and oxygen atoms in total. The highest BCUT2D eigenvalue weighted by Crippen LogP contribution is 2.18. The van der Waals surface area contributed by atoms with Gasteiger partial charge in [-0.15, -0.1) is 0 Å². The van der Waals surface area contributed by atoms with Gasteiger partial charge in [-0.2, -0.15) is 0 Å². The highest BCUT2D eigenvalue weighted by Gasteiger charge is 2.05. The average molecular weight is 254 g/mol. The molecule has 0 heterocycles. The second-order valence-corrected chi connectivity index (χ2v) is 3.91. The van der Waals surface area contributed by atoms with Gasteiger partial charge in [0, 0.05) is 11.3 Å². The largest absolute Gasteiger partial charge is 0.370 e. The minimum atomic E-state index is -0.178. The fourth-order valence-corrected chi connectivity index (χ4v) is 1.60. The molecule has 0 saturated heterocycles. The van der Waals surface area contributed by atoms with Crippen molar-refractivity contribution in [3.8, 4) is 0 Å². The first-order valence-corrected chi connectivity index (χ1v) is 5.71. The van der Waals surface area contributed by atoms with Crippen molar-refractivity contribution in [3.05, 3.63) is 60.2 Å². The lowest BCUT2D eigenvalue weighted by molar-refractivity contribution is 0.102. The molecule has 0 aromatic heterocycles. The van der Waals surface area contributed by atoms with E-state index in [9.17, 15) is 4.79 Å². The number of aliphatic imine (C=N–C) groups is 1. The summed E-state index contributed by atoms with van der Waals surface area (Å²) in [6.45, 7) is 0. The first-order valence-electron chi connectivity index (χ1n) is 5.71. The van der Waals surface area contributed by atoms with E-state index in [1.165, 1.54) is 0 Å². The first kappa shape index (κ1) is 12.6. The highest BCUT2D eigenvalue weighted by molar-refractivity contribution is 6.04. The Kier molecular flexibility index (Phi) is 3.78. The fourth-order valence-electron chi connectivity index (χ4n) is 1.60. The van der Waals surface area contributed by atoms with Crippen molar-refractivity contribution >= 4 is 23.2 Å². The molecule has 2 rings (SSSR count). The van der Waals surface area contributed by atoms with E-state index in [2.05, 4.69) is 10.3 Å². The molecule has 5 N–H and O–H groups in total. The number of amides is 1. The predicted molar refractivity (Wildman–Crippen MR) is 76.3 cm³/mol. The van der Waals surface area contributed by atoms with Crippen molar-refractivity contribution in [2.24, 2.45) is 16.5 Å². The van der Waals surface area contributed by atoms with Crippen molar-refractivity contribution in [3.63, 3.8) is 0 Å². The summed E-state index contributed by atoms with van der Waals surface area (Å²) >= 11 is 0. The third-order valence-corrected chi connectivity index (χ3v) is 2.40. The lowest BCUT2D eigenvalue weighted by Crippen LogP contribution is -2.21. The number of guanidine groups is 1. The van der Waals surface area contributed by atoms with E-state index in [0.29, 0.717) is 16.9 Å². The molecule has 0 saturated carbocycles. The van der Waals surface area contributed by atoms with Crippen LogP contribution < -0.4 is 16.8 Å². The number of rotatable bonds is 3. The van der Waals surface area contributed by atoms with Crippen LogP contribution in [0.5, 0.6) is 0 Å². The molecule has 5 heteroatoms. The SMILES string of the molecule is NC(N)=Nc1cccc(NC(=O)c2ccccc2)c1. The molecule has 0 spiro atoms. The van der Waals surface area contributed by atoms with Crippen LogP contribution in [0.2, 0.25) is 0 Å². The summed E-state index contributed by atoms with van der Waals surface area (Å²) in [5.41, 5.74) is 12.4. The van der Waals surface area contributed by atoms with Crippen LogP contribution in [-0.2, 0) is 0 Å². The maximum Gasteiger partial charge on any atom is 0.255 e. The van der Waals surface area contributed by atoms with Crippen LogP contribution in [0.25, 0.3) is 0 Å². The van der Waals surface area contributed by atoms with Crippen LogP contribution in [0.1, 0.15) is 10.4 Å². The highest BCUT2D eigenvalue weighted by atomic mass is 16.1. The van der Waals surface area contributed by atoms with Gasteiger partial charge in [-0.1, -0.05) is 24.3 Å². The number of nitrogens with one attached hydrogen (secondary N) is 1. The van der Waals surface area contributed by atoms with Crippen LogP contribution in [0.15, 0.2) is 59.6 Å². The Hall–Kier alpha value is -2.82. The zero-order valence-corrected chi connectivity index (χ0v) is 10.2. The molecule has 0 fully saturated rings. The zero-order chi connectivity index (χ0) is 13.7. The summed E-state index contributed by atoms with van der Waals surface area (Å²) in [6, 6.07) is 15.9. The van der Waals surface area contributed by atoms with Crippen LogP contribution >= 0.6 is 0 Å². The van der Waals surface area contributed by atoms with E-state index in [1.807, 2.05) is 18.2 Å². The van der Waals surface area contributed by atoms with E-state index in [0.717, 1.165) is 0 Å². The minimum absolute atomic E-state index is 0.0217. The molecular weight excluding hydrogens is 240 g/mol. The maximum absolute atomic E-state index is 12.0. The summed E-state index contributed by atoms with van der Waals surface area (Å²) in [4.78, 5) is 15.9. The van der Waals surface area contributed by atoms with Gasteiger partial charge < -0.3 is 16.8 Å². The molecule has 0 aliphatic carbocycles. The van der Waals surface area contributed by atoms with Crippen LogP contribution in [-0.4, -0.2) is 11.9 Å². The lowest BCUT2D eigenvalue weighted by atomic mass is 10.2. The maximum atomic E-state index is 12.0. The Bertz CT molecular complexity index is 604. The van der Waals surface area contributed by atoms with Gasteiger partial charge in [0.05, 0.1) is 5.69 Å². The molecule has 2 aromatic carbocycles. The molecule has 2 aromatic rings. The van der Waals surface area contributed by atoms with Gasteiger partial charge in [-0.3, -0.25) is 4.79 Å². The normalized spacial score (nSPS) is 9.68. The van der Waals surface area contributed by atoms with Crippen LogP contribution in [0, 0.1) is 0 Å². The molecule has 0 bridgehead atoms. The van der Waals surface area contributed by atoms with Gasteiger partial charge in [0.25, 0.3) is 5.91 Å². The molecule has 0 aliphatic rings. The molecule has 0 unspecified atom stereocenters. The molecule has 19 heavy (non-hydrogen) atoms. The fraction of sp³-hybridized carbons (Fsp3) is 0. The molecule has 0 radical (unpaired) electrons. The molecule has 1 amide bonds. The summed E-state index contributed by atoms with van der Waals surface area (Å²) < 4.78 is 0. The van der Waals surface area contributed by atoms with Crippen molar-refractivity contribution in [1.29, 1.82) is 0 Å². The van der Waals surface area contributed by atoms with E-state index in [-0.39, 0.29) is 11.9 Å². The molecule has 96 valence electrons. The van der Waals surface area contributed by atoms with Crippen molar-refractivity contribution in [1.82, 2.24) is 0 Å². The summed E-state index contributed by atoms with van der Waals surface area (Å²) in [6.07, 6.45) is 0. The lowest BCUT2D eigenvalue weighted by Gasteiger charge is -2.05. The Morgan fingerprint density at radius 1 is 1.00 bits per heavy atom. The topological polar surface area (TPSA) is 93.5 Å². The summed E-state index contributed by atoms with van der Waals surface area (Å²) in [7, 11) is 0. The standard InChI is InChI=1S/C14H14N4O/c15-14(16)18-12-8-4-7-11(9-12)17-13(19)10-5-2-1-3-6-10/h1-9H,(H,17,19)(H4,15,16,18). The number of hydrogen-bond acceptors (Lipinski definition) is 2. The minimum Gasteiger partial charge on any atom is -0.370 e. The Morgan fingerprint density at radius 3 is 2.42 bits per heavy atom. The van der Waals surface area contributed by atoms with E-state index >= 15 is 0 Å². The smallest absolute Gasteiger partial charge is 0.255 e. The van der Waals surface area contributed by atoms with E-state index in [4.69, 9.17) is 11.5 Å². The quantitative estimate of drug-likeness (QED) is 0.576. The molecule has 0 atom stereocenters. The second-order valence-electron chi connectivity index (χ2n) is 3.91. The van der Waals surface area contributed by atoms with Gasteiger partial charge in [0.1, 0.15) is 0 Å². The monoisotopic (exact) mass is 254 g/mol. The molecule has 0 aliphatic heterocycles. The number of anilines is 1. The van der Waals surface area contributed by atoms with Gasteiger partial charge in [-0.05, 0) is 30.3 Å². The number of hydrogen-bond donors (Lipinski definition) is 3.